The molecule has 2 rings (SSSR count). The Balaban J connectivity index is 2.37. The molecular weight excluding hydrogens is 300 g/mol. The number of para-hydroxylation sites is 2. The molecule has 1 aromatic carbocycles. The van der Waals surface area contributed by atoms with Crippen molar-refractivity contribution < 1.29 is 13.2 Å². The van der Waals surface area contributed by atoms with E-state index >= 15 is 0 Å². The van der Waals surface area contributed by atoms with Crippen molar-refractivity contribution in [3.63, 3.8) is 0 Å². The third-order valence-electron chi connectivity index (χ3n) is 2.45. The second-order valence-electron chi connectivity index (χ2n) is 3.84. The van der Waals surface area contributed by atoms with Crippen molar-refractivity contribution in [2.45, 2.75) is 11.8 Å². The summed E-state index contributed by atoms with van der Waals surface area (Å²) in [5.41, 5.74) is 0.356. The van der Waals surface area contributed by atoms with Gasteiger partial charge in [0.25, 0.3) is 10.0 Å². The Hall–Kier alpha value is -1.79. The Labute approximate surface area is 122 Å². The molecule has 0 saturated heterocycles. The quantitative estimate of drug-likeness (QED) is 0.921. The molecule has 0 unspecified atom stereocenters. The Bertz CT molecular complexity index is 704. The summed E-state index contributed by atoms with van der Waals surface area (Å²) in [6, 6.07) is 8.20. The number of rotatable bonds is 5. The van der Waals surface area contributed by atoms with Gasteiger partial charge in [0.15, 0.2) is 0 Å². The molecule has 2 aromatic rings. The monoisotopic (exact) mass is 312 g/mol. The van der Waals surface area contributed by atoms with Crippen molar-refractivity contribution >= 4 is 27.3 Å². The Morgan fingerprint density at radius 1 is 1.30 bits per heavy atom. The van der Waals surface area contributed by atoms with E-state index in [1.54, 1.807) is 24.3 Å². The second kappa shape index (κ2) is 6.11. The van der Waals surface area contributed by atoms with Crippen molar-refractivity contribution in [2.24, 2.45) is 0 Å². The van der Waals surface area contributed by atoms with E-state index in [0.29, 0.717) is 18.0 Å². The molecule has 5 nitrogen and oxygen atoms in total. The molecule has 0 fully saturated rings. The van der Waals surface area contributed by atoms with Crippen molar-refractivity contribution in [1.82, 2.24) is 4.98 Å². The van der Waals surface area contributed by atoms with E-state index in [4.69, 9.17) is 16.3 Å². The highest BCUT2D eigenvalue weighted by Gasteiger charge is 2.19. The Kier molecular flexibility index (Phi) is 4.46. The largest absolute Gasteiger partial charge is 0.492 e. The Morgan fingerprint density at radius 2 is 2.05 bits per heavy atom. The normalized spacial score (nSPS) is 11.1. The van der Waals surface area contributed by atoms with Gasteiger partial charge in [0.1, 0.15) is 10.6 Å². The van der Waals surface area contributed by atoms with Crippen molar-refractivity contribution in [3.05, 3.63) is 47.7 Å². The molecule has 0 atom stereocenters. The van der Waals surface area contributed by atoms with Crippen molar-refractivity contribution in [3.8, 4) is 5.75 Å². The van der Waals surface area contributed by atoms with E-state index in [2.05, 4.69) is 9.71 Å². The fourth-order valence-electron chi connectivity index (χ4n) is 1.59. The van der Waals surface area contributed by atoms with Gasteiger partial charge in [0, 0.05) is 12.4 Å². The molecule has 0 bridgehead atoms. The number of nitrogens with one attached hydrogen (secondary N) is 1. The number of benzene rings is 1. The van der Waals surface area contributed by atoms with Gasteiger partial charge in [-0.15, -0.1) is 0 Å². The van der Waals surface area contributed by atoms with Crippen LogP contribution in [0.2, 0.25) is 5.02 Å². The third-order valence-corrected chi connectivity index (χ3v) is 4.29. The predicted molar refractivity (Wildman–Crippen MR) is 77.7 cm³/mol. The zero-order valence-corrected chi connectivity index (χ0v) is 12.3. The summed E-state index contributed by atoms with van der Waals surface area (Å²) in [5, 5.41) is 0.112. The molecule has 20 heavy (non-hydrogen) atoms. The van der Waals surface area contributed by atoms with E-state index in [1.807, 2.05) is 6.92 Å². The highest BCUT2D eigenvalue weighted by atomic mass is 35.5. The van der Waals surface area contributed by atoms with Crippen LogP contribution in [-0.2, 0) is 10.0 Å². The fraction of sp³-hybridized carbons (Fsp3) is 0.154. The summed E-state index contributed by atoms with van der Waals surface area (Å²) in [5.74, 6) is 0.457. The smallest absolute Gasteiger partial charge is 0.265 e. The number of ether oxygens (including phenoxy) is 1. The molecule has 0 aliphatic carbocycles. The molecule has 0 amide bonds. The molecule has 1 heterocycles. The lowest BCUT2D eigenvalue weighted by Crippen LogP contribution is -2.14. The molecule has 7 heteroatoms. The highest BCUT2D eigenvalue weighted by molar-refractivity contribution is 7.92. The molecule has 0 aliphatic rings. The van der Waals surface area contributed by atoms with Crippen LogP contribution in [0, 0.1) is 0 Å². The van der Waals surface area contributed by atoms with Crippen molar-refractivity contribution in [2.75, 3.05) is 11.3 Å². The van der Waals surface area contributed by atoms with Crippen LogP contribution in [0.1, 0.15) is 6.92 Å². The summed E-state index contributed by atoms with van der Waals surface area (Å²) in [6.45, 7) is 2.26. The van der Waals surface area contributed by atoms with Gasteiger partial charge in [-0.1, -0.05) is 23.7 Å². The minimum atomic E-state index is -3.81. The van der Waals surface area contributed by atoms with Gasteiger partial charge >= 0.3 is 0 Å². The zero-order chi connectivity index (χ0) is 14.6. The van der Waals surface area contributed by atoms with Gasteiger partial charge in [0.2, 0.25) is 0 Å². The first-order valence-corrected chi connectivity index (χ1v) is 7.75. The summed E-state index contributed by atoms with van der Waals surface area (Å²) < 4.78 is 32.4. The topological polar surface area (TPSA) is 68.3 Å². The number of sulfonamides is 1. The maximum Gasteiger partial charge on any atom is 0.265 e. The SMILES string of the molecule is CCOc1ccccc1NS(=O)(=O)c1cnccc1Cl. The number of anilines is 1. The maximum absolute atomic E-state index is 12.3. The number of nitrogens with zero attached hydrogens (tertiary/aromatic N) is 1. The number of pyridine rings is 1. The first kappa shape index (κ1) is 14.6. The molecule has 106 valence electrons. The molecule has 1 aromatic heterocycles. The number of aromatic nitrogens is 1. The van der Waals surface area contributed by atoms with Gasteiger partial charge in [-0.05, 0) is 25.1 Å². The standard InChI is InChI=1S/C13H13ClN2O3S/c1-2-19-12-6-4-3-5-11(12)16-20(17,18)13-9-15-8-7-10(13)14/h3-9,16H,2H2,1H3. The molecule has 0 radical (unpaired) electrons. The highest BCUT2D eigenvalue weighted by Crippen LogP contribution is 2.28. The van der Waals surface area contributed by atoms with E-state index in [9.17, 15) is 8.42 Å². The van der Waals surface area contributed by atoms with Gasteiger partial charge in [-0.25, -0.2) is 8.42 Å². The number of halogens is 1. The van der Waals surface area contributed by atoms with E-state index in [1.165, 1.54) is 18.5 Å². The first-order valence-electron chi connectivity index (χ1n) is 5.88. The molecule has 0 aliphatic heterocycles. The summed E-state index contributed by atoms with van der Waals surface area (Å²) in [4.78, 5) is 3.70. The van der Waals surface area contributed by atoms with Crippen LogP contribution in [0.3, 0.4) is 0 Å². The molecule has 0 spiro atoms. The van der Waals surface area contributed by atoms with Crippen LogP contribution >= 0.6 is 11.6 Å². The minimum absolute atomic E-state index is 0.0760. The zero-order valence-electron chi connectivity index (χ0n) is 10.7. The van der Waals surface area contributed by atoms with Crippen LogP contribution in [0.15, 0.2) is 47.6 Å². The second-order valence-corrected chi connectivity index (χ2v) is 5.90. The lowest BCUT2D eigenvalue weighted by Gasteiger charge is -2.13. The number of hydrogen-bond acceptors (Lipinski definition) is 4. The summed E-state index contributed by atoms with van der Waals surface area (Å²) in [7, 11) is -3.81. The number of hydrogen-bond donors (Lipinski definition) is 1. The fourth-order valence-corrected chi connectivity index (χ4v) is 3.10. The minimum Gasteiger partial charge on any atom is -0.492 e. The lowest BCUT2D eigenvalue weighted by atomic mass is 10.3. The lowest BCUT2D eigenvalue weighted by molar-refractivity contribution is 0.342. The van der Waals surface area contributed by atoms with E-state index < -0.39 is 10.0 Å². The average Bonchev–Trinajstić information content (AvgIpc) is 2.41. The van der Waals surface area contributed by atoms with Crippen LogP contribution in [0.4, 0.5) is 5.69 Å². The molecular formula is C13H13ClN2O3S. The van der Waals surface area contributed by atoms with E-state index in [0.717, 1.165) is 0 Å². The predicted octanol–water partition coefficient (Wildman–Crippen LogP) is 2.93. The molecule has 0 saturated carbocycles. The Morgan fingerprint density at radius 3 is 2.75 bits per heavy atom. The van der Waals surface area contributed by atoms with Crippen LogP contribution in [0.25, 0.3) is 0 Å². The average molecular weight is 313 g/mol. The maximum atomic E-state index is 12.3. The van der Waals surface area contributed by atoms with E-state index in [-0.39, 0.29) is 9.92 Å². The first-order chi connectivity index (χ1) is 9.54. The van der Waals surface area contributed by atoms with Gasteiger partial charge in [0.05, 0.1) is 17.3 Å². The third kappa shape index (κ3) is 3.20. The summed E-state index contributed by atoms with van der Waals surface area (Å²) >= 11 is 5.89. The van der Waals surface area contributed by atoms with Gasteiger partial charge < -0.3 is 4.74 Å². The molecule has 1 N–H and O–H groups in total. The van der Waals surface area contributed by atoms with Crippen LogP contribution < -0.4 is 9.46 Å². The van der Waals surface area contributed by atoms with Crippen LogP contribution in [0.5, 0.6) is 5.75 Å². The van der Waals surface area contributed by atoms with Crippen LogP contribution in [-0.4, -0.2) is 20.0 Å². The van der Waals surface area contributed by atoms with Gasteiger partial charge in [-0.2, -0.15) is 0 Å². The summed E-state index contributed by atoms with van der Waals surface area (Å²) in [6.07, 6.45) is 2.63. The van der Waals surface area contributed by atoms with Crippen molar-refractivity contribution in [1.29, 1.82) is 0 Å². The van der Waals surface area contributed by atoms with Gasteiger partial charge in [-0.3, -0.25) is 9.71 Å².